The number of carbonyl (C=O) groups excluding carboxylic acids is 1. The molecule has 3 nitrogen and oxygen atoms in total. The van der Waals surface area contributed by atoms with Crippen LogP contribution in [0.4, 0.5) is 0 Å². The molecule has 0 radical (unpaired) electrons. The summed E-state index contributed by atoms with van der Waals surface area (Å²) in [5.74, 6) is 0.696. The van der Waals surface area contributed by atoms with Gasteiger partial charge in [-0.1, -0.05) is 31.7 Å². The smallest absolute Gasteiger partial charge is 0.338 e. The first kappa shape index (κ1) is 14.8. The summed E-state index contributed by atoms with van der Waals surface area (Å²) in [7, 11) is 0. The van der Waals surface area contributed by atoms with Gasteiger partial charge in [0.05, 0.1) is 5.56 Å². The summed E-state index contributed by atoms with van der Waals surface area (Å²) in [6.07, 6.45) is 2.12. The minimum Gasteiger partial charge on any atom is -0.458 e. The molecule has 0 amide bonds. The fourth-order valence-electron chi connectivity index (χ4n) is 3.00. The van der Waals surface area contributed by atoms with Crippen molar-refractivity contribution in [3.8, 4) is 0 Å². The first-order valence-corrected chi connectivity index (χ1v) is 7.14. The molecule has 0 heterocycles. The van der Waals surface area contributed by atoms with E-state index in [4.69, 9.17) is 4.74 Å². The summed E-state index contributed by atoms with van der Waals surface area (Å²) in [6, 6.07) is 8.96. The molecule has 1 N–H and O–H groups in total. The van der Waals surface area contributed by atoms with Crippen LogP contribution in [0.1, 0.15) is 30.1 Å². The van der Waals surface area contributed by atoms with Crippen molar-refractivity contribution >= 4 is 5.97 Å². The van der Waals surface area contributed by atoms with Gasteiger partial charge in [-0.2, -0.15) is 0 Å². The molecule has 1 aliphatic carbocycles. The van der Waals surface area contributed by atoms with Crippen molar-refractivity contribution in [2.24, 2.45) is 17.8 Å². The van der Waals surface area contributed by atoms with E-state index in [-0.39, 0.29) is 31.0 Å². The summed E-state index contributed by atoms with van der Waals surface area (Å²) in [5.41, 5.74) is 1.47. The Hall–Kier alpha value is -1.61. The van der Waals surface area contributed by atoms with Crippen LogP contribution in [0, 0.1) is 17.8 Å². The highest BCUT2D eigenvalue weighted by molar-refractivity contribution is 5.89. The molecule has 108 valence electrons. The Labute approximate surface area is 120 Å². The van der Waals surface area contributed by atoms with E-state index in [0.717, 1.165) is 18.4 Å². The van der Waals surface area contributed by atoms with Gasteiger partial charge in [-0.05, 0) is 48.3 Å². The van der Waals surface area contributed by atoms with Gasteiger partial charge in [0.1, 0.15) is 6.61 Å². The van der Waals surface area contributed by atoms with Crippen molar-refractivity contribution < 1.29 is 14.6 Å². The Morgan fingerprint density at radius 2 is 2.05 bits per heavy atom. The Morgan fingerprint density at radius 3 is 2.70 bits per heavy atom. The molecule has 3 heteroatoms. The number of rotatable bonds is 5. The highest BCUT2D eigenvalue weighted by Crippen LogP contribution is 2.40. The van der Waals surface area contributed by atoms with Crippen molar-refractivity contribution in [2.45, 2.75) is 19.8 Å². The minimum atomic E-state index is -0.321. The molecule has 1 aromatic rings. The average Bonchev–Trinajstić information content (AvgIpc) is 2.86. The molecule has 1 aromatic carbocycles. The Bertz CT molecular complexity index is 466. The second-order valence-electron chi connectivity index (χ2n) is 5.61. The molecule has 0 spiro atoms. The van der Waals surface area contributed by atoms with Crippen LogP contribution < -0.4 is 0 Å². The number of aliphatic hydroxyl groups is 1. The third-order valence-corrected chi connectivity index (χ3v) is 4.31. The van der Waals surface area contributed by atoms with Crippen LogP contribution in [0.3, 0.4) is 0 Å². The summed E-state index contributed by atoms with van der Waals surface area (Å²) >= 11 is 0. The molecule has 1 saturated carbocycles. The number of benzene rings is 1. The van der Waals surface area contributed by atoms with Gasteiger partial charge in [0.2, 0.25) is 0 Å². The highest BCUT2D eigenvalue weighted by atomic mass is 16.5. The third-order valence-electron chi connectivity index (χ3n) is 4.31. The fourth-order valence-corrected chi connectivity index (χ4v) is 3.00. The maximum Gasteiger partial charge on any atom is 0.338 e. The van der Waals surface area contributed by atoms with Crippen LogP contribution >= 0.6 is 0 Å². The molecule has 3 atom stereocenters. The van der Waals surface area contributed by atoms with Gasteiger partial charge in [-0.3, -0.25) is 0 Å². The molecule has 0 aliphatic heterocycles. The predicted molar refractivity (Wildman–Crippen MR) is 78.3 cm³/mol. The zero-order chi connectivity index (χ0) is 14.5. The van der Waals surface area contributed by atoms with E-state index in [9.17, 15) is 9.90 Å². The molecule has 1 fully saturated rings. The standard InChI is InChI=1S/C17H22O3/c1-12-8-9-15(16(12)10-18)13(2)11-20-17(19)14-6-4-3-5-7-14/h3-7,12,15-16,18H,2,8-11H2,1H3/t12-,15+,16+/m0/s1. The lowest BCUT2D eigenvalue weighted by atomic mass is 9.87. The van der Waals surface area contributed by atoms with Crippen LogP contribution in [0.5, 0.6) is 0 Å². The largest absolute Gasteiger partial charge is 0.458 e. The number of hydrogen-bond acceptors (Lipinski definition) is 3. The lowest BCUT2D eigenvalue weighted by molar-refractivity contribution is 0.0525. The van der Waals surface area contributed by atoms with Gasteiger partial charge in [-0.25, -0.2) is 4.79 Å². The van der Waals surface area contributed by atoms with Crippen LogP contribution in [0.2, 0.25) is 0 Å². The summed E-state index contributed by atoms with van der Waals surface area (Å²) < 4.78 is 5.31. The molecule has 0 unspecified atom stereocenters. The SMILES string of the molecule is C=C(COC(=O)c1ccccc1)[C@H]1CC[C@H](C)[C@H]1CO. The van der Waals surface area contributed by atoms with Crippen LogP contribution in [-0.4, -0.2) is 24.3 Å². The minimum absolute atomic E-state index is 0.178. The van der Waals surface area contributed by atoms with E-state index in [0.29, 0.717) is 11.5 Å². The topological polar surface area (TPSA) is 46.5 Å². The van der Waals surface area contributed by atoms with E-state index in [1.807, 2.05) is 18.2 Å². The second-order valence-corrected chi connectivity index (χ2v) is 5.61. The summed E-state index contributed by atoms with van der Waals surface area (Å²) in [4.78, 5) is 11.9. The van der Waals surface area contributed by atoms with E-state index < -0.39 is 0 Å². The van der Waals surface area contributed by atoms with E-state index in [1.54, 1.807) is 12.1 Å². The molecule has 0 aromatic heterocycles. The maximum atomic E-state index is 11.9. The van der Waals surface area contributed by atoms with Crippen LogP contribution in [-0.2, 0) is 4.74 Å². The quantitative estimate of drug-likeness (QED) is 0.663. The van der Waals surface area contributed by atoms with Crippen molar-refractivity contribution in [1.82, 2.24) is 0 Å². The van der Waals surface area contributed by atoms with Crippen molar-refractivity contribution in [2.75, 3.05) is 13.2 Å². The highest BCUT2D eigenvalue weighted by Gasteiger charge is 2.34. The molecule has 1 aliphatic rings. The number of carbonyl (C=O) groups is 1. The van der Waals surface area contributed by atoms with E-state index in [2.05, 4.69) is 13.5 Å². The van der Waals surface area contributed by atoms with Gasteiger partial charge >= 0.3 is 5.97 Å². The number of aliphatic hydroxyl groups excluding tert-OH is 1. The number of hydrogen-bond donors (Lipinski definition) is 1. The van der Waals surface area contributed by atoms with Crippen molar-refractivity contribution in [3.63, 3.8) is 0 Å². The van der Waals surface area contributed by atoms with Crippen LogP contribution in [0.25, 0.3) is 0 Å². The fraction of sp³-hybridized carbons (Fsp3) is 0.471. The lowest BCUT2D eigenvalue weighted by Gasteiger charge is -2.22. The zero-order valence-electron chi connectivity index (χ0n) is 11.9. The van der Waals surface area contributed by atoms with Gasteiger partial charge in [0, 0.05) is 6.61 Å². The first-order chi connectivity index (χ1) is 9.63. The second kappa shape index (κ2) is 6.71. The molecule has 0 saturated heterocycles. The molecular formula is C17H22O3. The molecule has 20 heavy (non-hydrogen) atoms. The first-order valence-electron chi connectivity index (χ1n) is 7.14. The number of ether oxygens (including phenoxy) is 1. The molecule has 0 bridgehead atoms. The molecule has 2 rings (SSSR count). The van der Waals surface area contributed by atoms with Crippen molar-refractivity contribution in [3.05, 3.63) is 48.0 Å². The van der Waals surface area contributed by atoms with Gasteiger partial charge in [-0.15, -0.1) is 0 Å². The van der Waals surface area contributed by atoms with Gasteiger partial charge in [0.15, 0.2) is 0 Å². The monoisotopic (exact) mass is 274 g/mol. The third kappa shape index (κ3) is 3.28. The summed E-state index contributed by atoms with van der Waals surface area (Å²) in [6.45, 7) is 6.62. The van der Waals surface area contributed by atoms with E-state index >= 15 is 0 Å². The van der Waals surface area contributed by atoms with Gasteiger partial charge < -0.3 is 9.84 Å². The maximum absolute atomic E-state index is 11.9. The lowest BCUT2D eigenvalue weighted by Crippen LogP contribution is -2.21. The average molecular weight is 274 g/mol. The predicted octanol–water partition coefficient (Wildman–Crippen LogP) is 3.05. The normalized spacial score (nSPS) is 25.4. The Balaban J connectivity index is 1.88. The number of esters is 1. The zero-order valence-corrected chi connectivity index (χ0v) is 11.9. The van der Waals surface area contributed by atoms with Crippen molar-refractivity contribution in [1.29, 1.82) is 0 Å². The molecular weight excluding hydrogens is 252 g/mol. The Morgan fingerprint density at radius 1 is 1.35 bits per heavy atom. The van der Waals surface area contributed by atoms with Gasteiger partial charge in [0.25, 0.3) is 0 Å². The summed E-state index contributed by atoms with van der Waals surface area (Å²) in [5, 5.41) is 9.46. The van der Waals surface area contributed by atoms with E-state index in [1.165, 1.54) is 0 Å². The Kier molecular flexibility index (Phi) is 4.96. The van der Waals surface area contributed by atoms with Crippen LogP contribution in [0.15, 0.2) is 42.5 Å².